The quantitative estimate of drug-likeness (QED) is 0.814. The van der Waals surface area contributed by atoms with Gasteiger partial charge in [0.2, 0.25) is 0 Å². The average molecular weight is 284 g/mol. The molecule has 0 aromatic carbocycles. The number of nitrogens with one attached hydrogen (secondary N) is 1. The minimum Gasteiger partial charge on any atom is -0.465 e. The molecule has 0 aromatic rings. The van der Waals surface area contributed by atoms with Gasteiger partial charge in [-0.2, -0.15) is 0 Å². The van der Waals surface area contributed by atoms with Gasteiger partial charge in [0.05, 0.1) is 6.10 Å². The van der Waals surface area contributed by atoms with E-state index in [1.54, 1.807) is 0 Å². The molecule has 2 aliphatic rings. The molecule has 1 aliphatic carbocycles. The third kappa shape index (κ3) is 4.63. The summed E-state index contributed by atoms with van der Waals surface area (Å²) in [5, 5.41) is 11.3. The summed E-state index contributed by atoms with van der Waals surface area (Å²) in [5.41, 5.74) is 0. The third-order valence-electron chi connectivity index (χ3n) is 4.57. The van der Waals surface area contributed by atoms with E-state index in [1.807, 2.05) is 0 Å². The zero-order chi connectivity index (χ0) is 14.4. The van der Waals surface area contributed by atoms with Crippen LogP contribution in [0.5, 0.6) is 0 Å². The Morgan fingerprint density at radius 1 is 1.20 bits per heavy atom. The Hall–Kier alpha value is -0.810. The molecular weight excluding hydrogens is 256 g/mol. The van der Waals surface area contributed by atoms with Crippen LogP contribution in [0.2, 0.25) is 0 Å². The molecule has 5 nitrogen and oxygen atoms in total. The number of hydrogen-bond acceptors (Lipinski definition) is 3. The van der Waals surface area contributed by atoms with E-state index < -0.39 is 6.09 Å². The van der Waals surface area contributed by atoms with Crippen LogP contribution in [-0.2, 0) is 4.74 Å². The fraction of sp³-hybridized carbons (Fsp3) is 0.933. The Morgan fingerprint density at radius 3 is 2.40 bits per heavy atom. The molecule has 1 saturated carbocycles. The molecule has 0 spiro atoms. The lowest BCUT2D eigenvalue weighted by Gasteiger charge is -2.40. The zero-order valence-corrected chi connectivity index (χ0v) is 12.5. The average Bonchev–Trinajstić information content (AvgIpc) is 2.46. The highest BCUT2D eigenvalue weighted by Crippen LogP contribution is 2.27. The van der Waals surface area contributed by atoms with E-state index in [0.717, 1.165) is 39.0 Å². The lowest BCUT2D eigenvalue weighted by Crippen LogP contribution is -2.48. The molecule has 1 saturated heterocycles. The molecule has 20 heavy (non-hydrogen) atoms. The van der Waals surface area contributed by atoms with Crippen LogP contribution in [0.1, 0.15) is 51.9 Å². The summed E-state index contributed by atoms with van der Waals surface area (Å²) in [4.78, 5) is 13.2. The number of carboxylic acid groups (broad SMARTS) is 1. The van der Waals surface area contributed by atoms with Crippen molar-refractivity contribution in [1.82, 2.24) is 10.2 Å². The SMILES string of the molecule is CCCOC1CCC(N2CCC(NC(=O)O)CC2)CC1. The predicted octanol–water partition coefficient (Wildman–Crippen LogP) is 2.46. The van der Waals surface area contributed by atoms with E-state index in [9.17, 15) is 4.79 Å². The van der Waals surface area contributed by atoms with Crippen LogP contribution in [0.4, 0.5) is 4.79 Å². The van der Waals surface area contributed by atoms with Crippen LogP contribution in [-0.4, -0.2) is 54.0 Å². The van der Waals surface area contributed by atoms with Crippen molar-refractivity contribution in [1.29, 1.82) is 0 Å². The number of ether oxygens (including phenoxy) is 1. The summed E-state index contributed by atoms with van der Waals surface area (Å²) >= 11 is 0. The molecule has 2 fully saturated rings. The van der Waals surface area contributed by atoms with E-state index in [0.29, 0.717) is 12.1 Å². The topological polar surface area (TPSA) is 61.8 Å². The molecular formula is C15H28N2O3. The second-order valence-corrected chi connectivity index (χ2v) is 6.06. The number of rotatable bonds is 5. The van der Waals surface area contributed by atoms with Gasteiger partial charge in [-0.15, -0.1) is 0 Å². The molecule has 5 heteroatoms. The Labute approximate surface area is 121 Å². The van der Waals surface area contributed by atoms with Crippen molar-refractivity contribution in [2.75, 3.05) is 19.7 Å². The minimum atomic E-state index is -0.892. The van der Waals surface area contributed by atoms with Crippen LogP contribution < -0.4 is 5.32 Å². The summed E-state index contributed by atoms with van der Waals surface area (Å²) in [6.45, 7) is 5.09. The second-order valence-electron chi connectivity index (χ2n) is 6.06. The van der Waals surface area contributed by atoms with E-state index in [4.69, 9.17) is 9.84 Å². The van der Waals surface area contributed by atoms with Crippen LogP contribution in [0.15, 0.2) is 0 Å². The maximum atomic E-state index is 10.6. The molecule has 0 unspecified atom stereocenters. The van der Waals surface area contributed by atoms with Crippen molar-refractivity contribution in [3.63, 3.8) is 0 Å². The Balaban J connectivity index is 1.66. The van der Waals surface area contributed by atoms with Crippen molar-refractivity contribution >= 4 is 6.09 Å². The van der Waals surface area contributed by atoms with Crippen molar-refractivity contribution in [3.8, 4) is 0 Å². The maximum absolute atomic E-state index is 10.6. The van der Waals surface area contributed by atoms with Gasteiger partial charge in [-0.05, 0) is 44.9 Å². The third-order valence-corrected chi connectivity index (χ3v) is 4.57. The number of nitrogens with zero attached hydrogens (tertiary/aromatic N) is 1. The summed E-state index contributed by atoms with van der Waals surface area (Å²) < 4.78 is 5.83. The number of hydrogen-bond donors (Lipinski definition) is 2. The second kappa shape index (κ2) is 7.84. The molecule has 1 heterocycles. The summed E-state index contributed by atoms with van der Waals surface area (Å²) in [6.07, 6.45) is 7.38. The van der Waals surface area contributed by atoms with Gasteiger partial charge in [0, 0.05) is 31.8 Å². The fourth-order valence-corrected chi connectivity index (χ4v) is 3.45. The lowest BCUT2D eigenvalue weighted by atomic mass is 9.90. The highest BCUT2D eigenvalue weighted by Gasteiger charge is 2.29. The smallest absolute Gasteiger partial charge is 0.404 e. The van der Waals surface area contributed by atoms with Gasteiger partial charge >= 0.3 is 6.09 Å². The molecule has 0 bridgehead atoms. The van der Waals surface area contributed by atoms with Gasteiger partial charge in [-0.3, -0.25) is 0 Å². The van der Waals surface area contributed by atoms with Crippen molar-refractivity contribution in [3.05, 3.63) is 0 Å². The van der Waals surface area contributed by atoms with E-state index in [-0.39, 0.29) is 6.04 Å². The van der Waals surface area contributed by atoms with Gasteiger partial charge in [0.1, 0.15) is 0 Å². The van der Waals surface area contributed by atoms with Crippen molar-refractivity contribution < 1.29 is 14.6 Å². The first kappa shape index (κ1) is 15.6. The highest BCUT2D eigenvalue weighted by atomic mass is 16.5. The number of carbonyl (C=O) groups is 1. The molecule has 0 atom stereocenters. The largest absolute Gasteiger partial charge is 0.465 e. The van der Waals surface area contributed by atoms with Crippen LogP contribution >= 0.6 is 0 Å². The van der Waals surface area contributed by atoms with Gasteiger partial charge in [-0.25, -0.2) is 4.79 Å². The normalized spacial score (nSPS) is 29.2. The van der Waals surface area contributed by atoms with E-state index in [2.05, 4.69) is 17.1 Å². The first-order chi connectivity index (χ1) is 9.69. The standard InChI is InChI=1S/C15H28N2O3/c1-2-11-20-14-5-3-13(4-6-14)17-9-7-12(8-10-17)16-15(18)19/h12-14,16H,2-11H2,1H3,(H,18,19). The van der Waals surface area contributed by atoms with Crippen molar-refractivity contribution in [2.24, 2.45) is 0 Å². The predicted molar refractivity (Wildman–Crippen MR) is 78.0 cm³/mol. The first-order valence-corrected chi connectivity index (χ1v) is 8.04. The Kier molecular flexibility index (Phi) is 6.10. The molecule has 1 amide bonds. The van der Waals surface area contributed by atoms with Gasteiger partial charge in [0.25, 0.3) is 0 Å². The molecule has 2 rings (SSSR count). The van der Waals surface area contributed by atoms with E-state index in [1.165, 1.54) is 25.7 Å². The number of likely N-dealkylation sites (tertiary alicyclic amines) is 1. The summed E-state index contributed by atoms with van der Waals surface area (Å²) in [7, 11) is 0. The Bertz CT molecular complexity index is 295. The minimum absolute atomic E-state index is 0.146. The number of amides is 1. The fourth-order valence-electron chi connectivity index (χ4n) is 3.45. The van der Waals surface area contributed by atoms with Crippen LogP contribution in [0, 0.1) is 0 Å². The lowest BCUT2D eigenvalue weighted by molar-refractivity contribution is 0.00339. The number of piperidine rings is 1. The summed E-state index contributed by atoms with van der Waals surface area (Å²) in [6, 6.07) is 0.829. The van der Waals surface area contributed by atoms with Gasteiger partial charge < -0.3 is 20.1 Å². The Morgan fingerprint density at radius 2 is 1.85 bits per heavy atom. The summed E-state index contributed by atoms with van der Waals surface area (Å²) in [5.74, 6) is 0. The monoisotopic (exact) mass is 284 g/mol. The molecule has 0 aromatic heterocycles. The highest BCUT2D eigenvalue weighted by molar-refractivity contribution is 5.64. The molecule has 0 radical (unpaired) electrons. The van der Waals surface area contributed by atoms with Crippen LogP contribution in [0.3, 0.4) is 0 Å². The van der Waals surface area contributed by atoms with E-state index >= 15 is 0 Å². The van der Waals surface area contributed by atoms with Gasteiger partial charge in [0.15, 0.2) is 0 Å². The molecule has 1 aliphatic heterocycles. The maximum Gasteiger partial charge on any atom is 0.404 e. The van der Waals surface area contributed by atoms with Crippen molar-refractivity contribution in [2.45, 2.75) is 70.1 Å². The molecule has 116 valence electrons. The van der Waals surface area contributed by atoms with Gasteiger partial charge in [-0.1, -0.05) is 6.92 Å². The first-order valence-electron chi connectivity index (χ1n) is 8.04. The van der Waals surface area contributed by atoms with Crippen LogP contribution in [0.25, 0.3) is 0 Å². The zero-order valence-electron chi connectivity index (χ0n) is 12.5. The molecule has 2 N–H and O–H groups in total.